The van der Waals surface area contributed by atoms with Crippen LogP contribution in [0, 0.1) is 6.92 Å². The number of hydrogen-bond donors (Lipinski definition) is 1. The fourth-order valence-corrected chi connectivity index (χ4v) is 2.43. The highest BCUT2D eigenvalue weighted by Crippen LogP contribution is 2.34. The van der Waals surface area contributed by atoms with Gasteiger partial charge in [-0.05, 0) is 30.0 Å². The minimum atomic E-state index is 0.789. The molecule has 62 valence electrons. The van der Waals surface area contributed by atoms with Gasteiger partial charge in [0.05, 0.1) is 14.7 Å². The van der Waals surface area contributed by atoms with E-state index in [1.165, 1.54) is 22.3 Å². The molecule has 2 rings (SSSR count). The van der Waals surface area contributed by atoms with Crippen LogP contribution in [0.3, 0.4) is 0 Å². The number of rotatable bonds is 0. The van der Waals surface area contributed by atoms with E-state index in [1.807, 2.05) is 18.2 Å². The zero-order valence-corrected chi connectivity index (χ0v) is 8.17. The summed E-state index contributed by atoms with van der Waals surface area (Å²) in [5.74, 6) is 0. The largest absolute Gasteiger partial charge is 0.391 e. The summed E-state index contributed by atoms with van der Waals surface area (Å²) in [7, 11) is 0. The maximum Gasteiger partial charge on any atom is 0.0869 e. The lowest BCUT2D eigenvalue weighted by molar-refractivity contribution is 1.55. The number of fused-ring (bicyclic) bond motifs is 1. The highest BCUT2D eigenvalue weighted by Gasteiger charge is 2.04. The van der Waals surface area contributed by atoms with E-state index < -0.39 is 0 Å². The number of halogens is 1. The summed E-state index contributed by atoms with van der Waals surface area (Å²) in [5.41, 5.74) is 6.91. The lowest BCUT2D eigenvalue weighted by Gasteiger charge is -1.95. The lowest BCUT2D eigenvalue weighted by Crippen LogP contribution is -1.74. The molecule has 0 aliphatic carbocycles. The fraction of sp³-hybridized carbons (Fsp3) is 0.111. The van der Waals surface area contributed by atoms with Gasteiger partial charge in [-0.3, -0.25) is 0 Å². The third kappa shape index (κ3) is 1.08. The van der Waals surface area contributed by atoms with E-state index in [0.29, 0.717) is 0 Å². The van der Waals surface area contributed by atoms with Crippen LogP contribution in [-0.4, -0.2) is 0 Å². The number of anilines is 1. The van der Waals surface area contributed by atoms with E-state index in [9.17, 15) is 0 Å². The van der Waals surface area contributed by atoms with Crippen molar-refractivity contribution >= 4 is 38.0 Å². The molecule has 1 nitrogen and oxygen atoms in total. The van der Waals surface area contributed by atoms with Crippen LogP contribution in [0.5, 0.6) is 0 Å². The summed E-state index contributed by atoms with van der Waals surface area (Å²) in [5, 5.41) is 2.78. The minimum absolute atomic E-state index is 0.789. The van der Waals surface area contributed by atoms with Crippen molar-refractivity contribution in [2.45, 2.75) is 6.92 Å². The number of nitrogen functional groups attached to an aromatic ring is 1. The third-order valence-electron chi connectivity index (χ3n) is 1.87. The van der Waals surface area contributed by atoms with E-state index in [2.05, 4.69) is 6.92 Å². The van der Waals surface area contributed by atoms with Crippen LogP contribution < -0.4 is 5.73 Å². The predicted molar refractivity (Wildman–Crippen MR) is 56.0 cm³/mol. The maximum atomic E-state index is 6.00. The minimum Gasteiger partial charge on any atom is -0.391 e. The second kappa shape index (κ2) is 2.64. The van der Waals surface area contributed by atoms with E-state index in [4.69, 9.17) is 17.3 Å². The first-order valence-electron chi connectivity index (χ1n) is 3.62. The average molecular weight is 198 g/mol. The van der Waals surface area contributed by atoms with Crippen molar-refractivity contribution in [1.29, 1.82) is 0 Å². The van der Waals surface area contributed by atoms with Gasteiger partial charge in [0.1, 0.15) is 0 Å². The Kier molecular flexibility index (Phi) is 1.74. The highest BCUT2D eigenvalue weighted by atomic mass is 35.5. The molecule has 2 aromatic rings. The molecule has 1 heterocycles. The van der Waals surface area contributed by atoms with Gasteiger partial charge in [-0.1, -0.05) is 17.7 Å². The van der Waals surface area contributed by atoms with Gasteiger partial charge in [-0.25, -0.2) is 0 Å². The molecule has 0 fully saturated rings. The van der Waals surface area contributed by atoms with Crippen molar-refractivity contribution in [3.63, 3.8) is 0 Å². The first-order chi connectivity index (χ1) is 5.68. The normalized spacial score (nSPS) is 10.8. The SMILES string of the molecule is Cc1ccc(Cl)c2sc(N)cc12. The molecule has 0 spiro atoms. The lowest BCUT2D eigenvalue weighted by atomic mass is 10.1. The first-order valence-corrected chi connectivity index (χ1v) is 4.82. The van der Waals surface area contributed by atoms with E-state index in [-0.39, 0.29) is 0 Å². The molecule has 0 saturated carbocycles. The van der Waals surface area contributed by atoms with Crippen LogP contribution in [-0.2, 0) is 0 Å². The molecule has 0 unspecified atom stereocenters. The molecule has 0 aliphatic rings. The van der Waals surface area contributed by atoms with Gasteiger partial charge >= 0.3 is 0 Å². The molecule has 0 aliphatic heterocycles. The van der Waals surface area contributed by atoms with Gasteiger partial charge in [-0.15, -0.1) is 11.3 Å². The Morgan fingerprint density at radius 2 is 2.17 bits per heavy atom. The summed E-state index contributed by atoms with van der Waals surface area (Å²) in [6.45, 7) is 2.06. The zero-order chi connectivity index (χ0) is 8.72. The molecule has 0 bridgehead atoms. The molecule has 2 N–H and O–H groups in total. The molecule has 0 radical (unpaired) electrons. The Morgan fingerprint density at radius 1 is 1.42 bits per heavy atom. The van der Waals surface area contributed by atoms with Gasteiger partial charge < -0.3 is 5.73 Å². The van der Waals surface area contributed by atoms with Crippen molar-refractivity contribution < 1.29 is 0 Å². The number of benzene rings is 1. The Labute approximate surface area is 79.8 Å². The van der Waals surface area contributed by atoms with Crippen molar-refractivity contribution in [1.82, 2.24) is 0 Å². The van der Waals surface area contributed by atoms with Crippen molar-refractivity contribution in [3.8, 4) is 0 Å². The maximum absolute atomic E-state index is 6.00. The van der Waals surface area contributed by atoms with Crippen LogP contribution in [0.25, 0.3) is 10.1 Å². The molecule has 3 heteroatoms. The average Bonchev–Trinajstić information content (AvgIpc) is 2.41. The standard InChI is InChI=1S/C9H8ClNS/c1-5-2-3-7(10)9-6(5)4-8(11)12-9/h2-4H,11H2,1H3. The first kappa shape index (κ1) is 7.90. The summed E-state index contributed by atoms with van der Waals surface area (Å²) in [6, 6.07) is 5.90. The Hall–Kier alpha value is -0.730. The van der Waals surface area contributed by atoms with E-state index in [1.54, 1.807) is 0 Å². The van der Waals surface area contributed by atoms with Crippen LogP contribution in [0.15, 0.2) is 18.2 Å². The molecule has 0 atom stereocenters. The molecular formula is C9H8ClNS. The zero-order valence-electron chi connectivity index (χ0n) is 6.60. The molecule has 1 aromatic carbocycles. The molecule has 12 heavy (non-hydrogen) atoms. The van der Waals surface area contributed by atoms with Crippen molar-refractivity contribution in [2.24, 2.45) is 0 Å². The van der Waals surface area contributed by atoms with Gasteiger partial charge in [0.2, 0.25) is 0 Å². The molecule has 0 saturated heterocycles. The molecular weight excluding hydrogens is 190 g/mol. The predicted octanol–water partition coefficient (Wildman–Crippen LogP) is 3.45. The van der Waals surface area contributed by atoms with Gasteiger partial charge in [0, 0.05) is 0 Å². The number of nitrogens with two attached hydrogens (primary N) is 1. The summed E-state index contributed by atoms with van der Waals surface area (Å²) in [4.78, 5) is 0. The van der Waals surface area contributed by atoms with Crippen molar-refractivity contribution in [2.75, 3.05) is 5.73 Å². The monoisotopic (exact) mass is 197 g/mol. The summed E-state index contributed by atoms with van der Waals surface area (Å²) < 4.78 is 1.09. The van der Waals surface area contributed by atoms with Crippen molar-refractivity contribution in [3.05, 3.63) is 28.8 Å². The van der Waals surface area contributed by atoms with Crippen LogP contribution >= 0.6 is 22.9 Å². The Morgan fingerprint density at radius 3 is 2.83 bits per heavy atom. The van der Waals surface area contributed by atoms with Gasteiger partial charge in [0.15, 0.2) is 0 Å². The summed E-state index contributed by atoms with van der Waals surface area (Å²) in [6.07, 6.45) is 0. The van der Waals surface area contributed by atoms with Crippen LogP contribution in [0.4, 0.5) is 5.00 Å². The summed E-state index contributed by atoms with van der Waals surface area (Å²) >= 11 is 7.54. The molecule has 1 aromatic heterocycles. The smallest absolute Gasteiger partial charge is 0.0869 e. The fourth-order valence-electron chi connectivity index (χ4n) is 1.24. The molecule has 0 amide bonds. The van der Waals surface area contributed by atoms with E-state index >= 15 is 0 Å². The van der Waals surface area contributed by atoms with Crippen LogP contribution in [0.2, 0.25) is 5.02 Å². The highest BCUT2D eigenvalue weighted by molar-refractivity contribution is 7.23. The van der Waals surface area contributed by atoms with Gasteiger partial charge in [-0.2, -0.15) is 0 Å². The van der Waals surface area contributed by atoms with Crippen LogP contribution in [0.1, 0.15) is 5.56 Å². The number of thiophene rings is 1. The Bertz CT molecular complexity index is 394. The second-order valence-electron chi connectivity index (χ2n) is 2.76. The second-order valence-corrected chi connectivity index (χ2v) is 4.25. The Balaban J connectivity index is 2.93. The number of hydrogen-bond acceptors (Lipinski definition) is 2. The topological polar surface area (TPSA) is 26.0 Å². The van der Waals surface area contributed by atoms with Gasteiger partial charge in [0.25, 0.3) is 0 Å². The quantitative estimate of drug-likeness (QED) is 0.688. The number of aryl methyl sites for hydroxylation is 1. The third-order valence-corrected chi connectivity index (χ3v) is 3.30. The van der Waals surface area contributed by atoms with E-state index in [0.717, 1.165) is 14.7 Å².